The Kier molecular flexibility index (Phi) is 4.36. The molecule has 0 heterocycles. The Bertz CT molecular complexity index is 386. The minimum atomic E-state index is -0.953. The van der Waals surface area contributed by atoms with Crippen molar-refractivity contribution in [1.29, 1.82) is 5.41 Å². The van der Waals surface area contributed by atoms with Gasteiger partial charge in [0.05, 0.1) is 5.71 Å². The molecule has 0 aliphatic heterocycles. The maximum Gasteiger partial charge on any atom is 0.106 e. The number of halogens is 2. The fourth-order valence-electron chi connectivity index (χ4n) is 2.12. The summed E-state index contributed by atoms with van der Waals surface area (Å²) in [5, 5.41) is 18.8. The summed E-state index contributed by atoms with van der Waals surface area (Å²) < 4.78 is 0. The molecule has 4 heteroatoms. The summed E-state index contributed by atoms with van der Waals surface area (Å²) in [7, 11) is 0. The lowest BCUT2D eigenvalue weighted by molar-refractivity contribution is 0.120. The fraction of sp³-hybridized carbons (Fsp3) is 0.417. The number of hydrogen-bond acceptors (Lipinski definition) is 2. The van der Waals surface area contributed by atoms with E-state index in [2.05, 4.69) is 0 Å². The van der Waals surface area contributed by atoms with Crippen LogP contribution in [0, 0.1) is 5.41 Å². The maximum atomic E-state index is 10.3. The van der Waals surface area contributed by atoms with E-state index >= 15 is 0 Å². The van der Waals surface area contributed by atoms with Crippen LogP contribution in [0.15, 0.2) is 24.3 Å². The molecular formula is C12H15Cl2NO. The summed E-state index contributed by atoms with van der Waals surface area (Å²) in [4.78, 5) is 0. The maximum absolute atomic E-state index is 10.3. The Morgan fingerprint density at radius 1 is 1.25 bits per heavy atom. The number of rotatable bonds is 2. The van der Waals surface area contributed by atoms with Crippen molar-refractivity contribution < 1.29 is 5.11 Å². The molecule has 1 aliphatic carbocycles. The monoisotopic (exact) mass is 259 g/mol. The minimum Gasteiger partial charge on any atom is -0.384 e. The van der Waals surface area contributed by atoms with Crippen LogP contribution in [0.4, 0.5) is 0 Å². The molecule has 1 fully saturated rings. The van der Waals surface area contributed by atoms with E-state index in [-0.39, 0.29) is 18.1 Å². The van der Waals surface area contributed by atoms with Crippen molar-refractivity contribution >= 4 is 29.7 Å². The van der Waals surface area contributed by atoms with Gasteiger partial charge in [-0.05, 0) is 18.9 Å². The first-order valence-corrected chi connectivity index (χ1v) is 5.58. The molecule has 16 heavy (non-hydrogen) atoms. The van der Waals surface area contributed by atoms with E-state index in [1.165, 1.54) is 0 Å². The quantitative estimate of drug-likeness (QED) is 0.786. The molecule has 0 spiro atoms. The van der Waals surface area contributed by atoms with Crippen LogP contribution in [0.2, 0.25) is 5.02 Å². The van der Waals surface area contributed by atoms with E-state index in [1.807, 2.05) is 12.1 Å². The third-order valence-corrected chi connectivity index (χ3v) is 3.37. The Morgan fingerprint density at radius 2 is 1.81 bits per heavy atom. The van der Waals surface area contributed by atoms with Gasteiger partial charge in [-0.15, -0.1) is 12.4 Å². The summed E-state index contributed by atoms with van der Waals surface area (Å²) in [6.07, 6.45) is 3.33. The first kappa shape index (κ1) is 13.5. The third kappa shape index (κ3) is 2.40. The highest BCUT2D eigenvalue weighted by Crippen LogP contribution is 2.34. The molecule has 2 nitrogen and oxygen atoms in total. The number of benzene rings is 1. The second kappa shape index (κ2) is 5.17. The third-order valence-electron chi connectivity index (χ3n) is 3.04. The second-order valence-electron chi connectivity index (χ2n) is 4.09. The lowest BCUT2D eigenvalue weighted by Gasteiger charge is -2.23. The van der Waals surface area contributed by atoms with Gasteiger partial charge in [-0.2, -0.15) is 0 Å². The van der Waals surface area contributed by atoms with Crippen molar-refractivity contribution in [2.75, 3.05) is 0 Å². The van der Waals surface area contributed by atoms with Crippen molar-refractivity contribution in [1.82, 2.24) is 0 Å². The molecule has 1 aliphatic rings. The summed E-state index contributed by atoms with van der Waals surface area (Å²) >= 11 is 6.01. The first-order valence-electron chi connectivity index (χ1n) is 5.20. The largest absolute Gasteiger partial charge is 0.384 e. The average Bonchev–Trinajstić information content (AvgIpc) is 2.66. The molecule has 0 aromatic heterocycles. The van der Waals surface area contributed by atoms with Gasteiger partial charge in [-0.1, -0.05) is 42.6 Å². The van der Waals surface area contributed by atoms with Gasteiger partial charge in [0.1, 0.15) is 5.60 Å². The molecule has 1 saturated carbocycles. The molecule has 1 aromatic rings. The molecule has 0 radical (unpaired) electrons. The van der Waals surface area contributed by atoms with Gasteiger partial charge >= 0.3 is 0 Å². The molecule has 0 saturated heterocycles. The van der Waals surface area contributed by atoms with Crippen LogP contribution in [0.25, 0.3) is 0 Å². The van der Waals surface area contributed by atoms with Crippen LogP contribution in [0.5, 0.6) is 0 Å². The lowest BCUT2D eigenvalue weighted by Crippen LogP contribution is -2.35. The summed E-state index contributed by atoms with van der Waals surface area (Å²) in [6.45, 7) is 0. The molecule has 0 bridgehead atoms. The summed E-state index contributed by atoms with van der Waals surface area (Å²) in [5.41, 5.74) is -0.0282. The predicted molar refractivity (Wildman–Crippen MR) is 68.9 cm³/mol. The van der Waals surface area contributed by atoms with E-state index in [4.69, 9.17) is 17.0 Å². The summed E-state index contributed by atoms with van der Waals surface area (Å²) in [6, 6.07) is 7.22. The van der Waals surface area contributed by atoms with Crippen molar-refractivity contribution in [3.8, 4) is 0 Å². The van der Waals surface area contributed by atoms with Gasteiger partial charge in [0, 0.05) is 10.6 Å². The molecule has 2 rings (SSSR count). The van der Waals surface area contributed by atoms with Crippen molar-refractivity contribution in [2.24, 2.45) is 0 Å². The minimum absolute atomic E-state index is 0. The standard InChI is InChI=1S/C12H14ClNO.ClH/c13-10-6-2-1-5-9(10)11(14)12(15)7-3-4-8-12;/h1-2,5-6,14-15H,3-4,7-8H2;1H. The second-order valence-corrected chi connectivity index (χ2v) is 4.50. The topological polar surface area (TPSA) is 44.1 Å². The van der Waals surface area contributed by atoms with Crippen LogP contribution < -0.4 is 0 Å². The van der Waals surface area contributed by atoms with E-state index in [9.17, 15) is 5.11 Å². The van der Waals surface area contributed by atoms with Gasteiger partial charge in [0.15, 0.2) is 0 Å². The molecule has 0 amide bonds. The van der Waals surface area contributed by atoms with E-state index in [0.717, 1.165) is 12.8 Å². The van der Waals surface area contributed by atoms with Crippen LogP contribution in [0.3, 0.4) is 0 Å². The molecule has 88 valence electrons. The Labute approximate surface area is 107 Å². The Morgan fingerprint density at radius 3 is 2.38 bits per heavy atom. The van der Waals surface area contributed by atoms with E-state index in [1.54, 1.807) is 12.1 Å². The number of hydrogen-bond donors (Lipinski definition) is 2. The predicted octanol–water partition coefficient (Wildman–Crippen LogP) is 3.43. The molecular weight excluding hydrogens is 245 g/mol. The Balaban J connectivity index is 0.00000128. The van der Waals surface area contributed by atoms with Gasteiger partial charge in [-0.25, -0.2) is 0 Å². The molecule has 0 unspecified atom stereocenters. The van der Waals surface area contributed by atoms with Crippen molar-refractivity contribution in [2.45, 2.75) is 31.3 Å². The SMILES string of the molecule is Cl.N=C(c1ccccc1Cl)C1(O)CCCC1. The molecule has 1 aromatic carbocycles. The Hall–Kier alpha value is -0.570. The van der Waals surface area contributed by atoms with Crippen molar-refractivity contribution in [3.63, 3.8) is 0 Å². The van der Waals surface area contributed by atoms with E-state index < -0.39 is 5.60 Å². The van der Waals surface area contributed by atoms with Gasteiger partial charge in [0.2, 0.25) is 0 Å². The van der Waals surface area contributed by atoms with Crippen LogP contribution in [-0.2, 0) is 0 Å². The lowest BCUT2D eigenvalue weighted by atomic mass is 9.90. The molecule has 0 atom stereocenters. The van der Waals surface area contributed by atoms with Gasteiger partial charge in [-0.3, -0.25) is 0 Å². The van der Waals surface area contributed by atoms with Gasteiger partial charge < -0.3 is 10.5 Å². The van der Waals surface area contributed by atoms with Crippen LogP contribution >= 0.6 is 24.0 Å². The highest BCUT2D eigenvalue weighted by atomic mass is 35.5. The fourth-order valence-corrected chi connectivity index (χ4v) is 2.35. The number of aliphatic hydroxyl groups is 1. The highest BCUT2D eigenvalue weighted by molar-refractivity contribution is 6.34. The van der Waals surface area contributed by atoms with Crippen molar-refractivity contribution in [3.05, 3.63) is 34.9 Å². The normalized spacial score (nSPS) is 17.9. The zero-order valence-electron chi connectivity index (χ0n) is 8.87. The highest BCUT2D eigenvalue weighted by Gasteiger charge is 2.36. The zero-order valence-corrected chi connectivity index (χ0v) is 10.4. The van der Waals surface area contributed by atoms with Gasteiger partial charge in [0.25, 0.3) is 0 Å². The number of nitrogens with one attached hydrogen (secondary N) is 1. The van der Waals surface area contributed by atoms with Crippen LogP contribution in [-0.4, -0.2) is 16.4 Å². The zero-order chi connectivity index (χ0) is 10.9. The summed E-state index contributed by atoms with van der Waals surface area (Å²) in [5.74, 6) is 0. The average molecular weight is 260 g/mol. The smallest absolute Gasteiger partial charge is 0.106 e. The van der Waals surface area contributed by atoms with Crippen LogP contribution in [0.1, 0.15) is 31.2 Å². The molecule has 2 N–H and O–H groups in total. The van der Waals surface area contributed by atoms with E-state index in [0.29, 0.717) is 23.4 Å². The first-order chi connectivity index (χ1) is 7.13.